The van der Waals surface area contributed by atoms with Gasteiger partial charge in [0, 0.05) is 31.5 Å². The van der Waals surface area contributed by atoms with E-state index in [1.54, 1.807) is 5.01 Å². The Morgan fingerprint density at radius 3 is 1.67 bits per heavy atom. The summed E-state index contributed by atoms with van der Waals surface area (Å²) in [6, 6.07) is 10.0. The zero-order valence-corrected chi connectivity index (χ0v) is 11.3. The topological polar surface area (TPSA) is 75.3 Å². The van der Waals surface area contributed by atoms with Crippen molar-refractivity contribution in [3.05, 3.63) is 55.8 Å². The standard InChI is InChI=1S/C9H12N2.3CO.Cr/c1-11(2)10-8-9-6-4-3-5-7-9;3*1-2;/h3-8H,1-2H3;;;;/b10-8+;;;;. The summed E-state index contributed by atoms with van der Waals surface area (Å²) in [7, 11) is 3.80. The summed E-state index contributed by atoms with van der Waals surface area (Å²) in [4.78, 5) is 0. The van der Waals surface area contributed by atoms with Crippen molar-refractivity contribution in [2.24, 2.45) is 5.10 Å². The van der Waals surface area contributed by atoms with Crippen molar-refractivity contribution in [3.8, 4) is 0 Å². The maximum atomic E-state index is 7.50. The molecule has 1 rings (SSSR count). The second-order valence-corrected chi connectivity index (χ2v) is 2.50. The van der Waals surface area contributed by atoms with E-state index in [0.29, 0.717) is 0 Å². The molecule has 0 saturated carbocycles. The van der Waals surface area contributed by atoms with Crippen molar-refractivity contribution in [3.63, 3.8) is 0 Å². The maximum Gasteiger partial charge on any atom is 0 e. The fourth-order valence-corrected chi connectivity index (χ4v) is 0.721. The molecule has 0 N–H and O–H groups in total. The molecule has 0 heterocycles. The summed E-state index contributed by atoms with van der Waals surface area (Å²) >= 11 is 0. The van der Waals surface area contributed by atoms with Crippen LogP contribution in [-0.4, -0.2) is 25.3 Å². The Bertz CT molecular complexity index is 331. The van der Waals surface area contributed by atoms with Gasteiger partial charge in [0.1, 0.15) is 0 Å². The van der Waals surface area contributed by atoms with Gasteiger partial charge in [0.05, 0.1) is 6.21 Å². The van der Waals surface area contributed by atoms with Gasteiger partial charge in [0.25, 0.3) is 0 Å². The van der Waals surface area contributed by atoms with Crippen LogP contribution in [0.1, 0.15) is 5.56 Å². The molecule has 6 heteroatoms. The molecule has 0 radical (unpaired) electrons. The SMILES string of the molecule is CN(C)/N=C/c1ccccc1.[C-]#[O+].[C-]#[O+].[C-]#[O+].[Cr]. The van der Waals surface area contributed by atoms with Crippen LogP contribution in [0.25, 0.3) is 0 Å². The summed E-state index contributed by atoms with van der Waals surface area (Å²) in [5.74, 6) is 0. The van der Waals surface area contributed by atoms with E-state index in [1.807, 2.05) is 50.6 Å². The van der Waals surface area contributed by atoms with Gasteiger partial charge in [0.15, 0.2) is 0 Å². The predicted molar refractivity (Wildman–Crippen MR) is 59.5 cm³/mol. The third-order valence-electron chi connectivity index (χ3n) is 1.24. The molecular weight excluding hydrogens is 272 g/mol. The van der Waals surface area contributed by atoms with Gasteiger partial charge in [-0.05, 0) is 5.56 Å². The van der Waals surface area contributed by atoms with Gasteiger partial charge >= 0.3 is 33.9 Å². The first-order valence-corrected chi connectivity index (χ1v) is 4.16. The van der Waals surface area contributed by atoms with Crippen molar-refractivity contribution in [2.45, 2.75) is 0 Å². The average Bonchev–Trinajstić information content (AvgIpc) is 2.44. The quantitative estimate of drug-likeness (QED) is 0.350. The molecule has 0 atom stereocenters. The van der Waals surface area contributed by atoms with Gasteiger partial charge in [-0.15, -0.1) is 0 Å². The summed E-state index contributed by atoms with van der Waals surface area (Å²) < 4.78 is 22.5. The Balaban J connectivity index is -0.000000123. The zero-order chi connectivity index (χ0) is 14.1. The average molecular weight is 284 g/mol. The number of nitrogens with zero attached hydrogens (tertiary/aromatic N) is 2. The molecule has 0 saturated heterocycles. The first-order chi connectivity index (χ1) is 8.29. The van der Waals surface area contributed by atoms with E-state index in [-0.39, 0.29) is 17.4 Å². The molecule has 0 spiro atoms. The van der Waals surface area contributed by atoms with Gasteiger partial charge in [-0.3, -0.25) is 0 Å². The molecule has 0 unspecified atom stereocenters. The van der Waals surface area contributed by atoms with Crippen LogP contribution in [0.15, 0.2) is 35.4 Å². The maximum absolute atomic E-state index is 7.50. The Hall–Kier alpha value is -1.56. The van der Waals surface area contributed by atoms with Crippen LogP contribution in [0.4, 0.5) is 0 Å². The molecule has 94 valence electrons. The molecule has 1 aromatic carbocycles. The first-order valence-electron chi connectivity index (χ1n) is 4.16. The molecule has 0 aromatic heterocycles. The van der Waals surface area contributed by atoms with Crippen LogP contribution in [0.2, 0.25) is 0 Å². The third kappa shape index (κ3) is 19.9. The van der Waals surface area contributed by atoms with E-state index in [0.717, 1.165) is 5.56 Å². The van der Waals surface area contributed by atoms with Crippen LogP contribution in [-0.2, 0) is 31.3 Å². The third-order valence-corrected chi connectivity index (χ3v) is 1.24. The predicted octanol–water partition coefficient (Wildman–Crippen LogP) is 1.47. The van der Waals surface area contributed by atoms with Crippen LogP contribution < -0.4 is 0 Å². The normalized spacial score (nSPS) is 6.67. The molecule has 0 aliphatic rings. The van der Waals surface area contributed by atoms with Gasteiger partial charge in [-0.1, -0.05) is 30.3 Å². The molecule has 0 aliphatic carbocycles. The number of hydrogen-bond donors (Lipinski definition) is 0. The molecule has 0 bridgehead atoms. The van der Waals surface area contributed by atoms with Gasteiger partial charge in [-0.25, -0.2) is 0 Å². The molecule has 5 nitrogen and oxygen atoms in total. The number of rotatable bonds is 2. The van der Waals surface area contributed by atoms with E-state index < -0.39 is 0 Å². The van der Waals surface area contributed by atoms with Gasteiger partial charge in [-0.2, -0.15) is 5.10 Å². The molecular formula is C12H12CrN2O3. The smallest absolute Gasteiger partial charge is 0 e. The molecule has 0 fully saturated rings. The van der Waals surface area contributed by atoms with E-state index in [1.165, 1.54) is 0 Å². The Morgan fingerprint density at radius 1 is 0.944 bits per heavy atom. The number of benzene rings is 1. The van der Waals surface area contributed by atoms with Gasteiger partial charge < -0.3 is 5.01 Å². The largest absolute Gasteiger partial charge is 0 e. The van der Waals surface area contributed by atoms with Crippen LogP contribution in [0.3, 0.4) is 0 Å². The van der Waals surface area contributed by atoms with Gasteiger partial charge in [0.2, 0.25) is 0 Å². The molecule has 18 heavy (non-hydrogen) atoms. The van der Waals surface area contributed by atoms with E-state index in [9.17, 15) is 0 Å². The van der Waals surface area contributed by atoms with E-state index >= 15 is 0 Å². The van der Waals surface area contributed by atoms with Crippen LogP contribution in [0.5, 0.6) is 0 Å². The Labute approximate surface area is 118 Å². The molecule has 0 amide bonds. The summed E-state index contributed by atoms with van der Waals surface area (Å²) in [6.45, 7) is 13.5. The van der Waals surface area contributed by atoms with Crippen molar-refractivity contribution in [1.82, 2.24) is 5.01 Å². The molecule has 0 aliphatic heterocycles. The van der Waals surface area contributed by atoms with Crippen molar-refractivity contribution in [2.75, 3.05) is 14.1 Å². The minimum atomic E-state index is 0. The van der Waals surface area contributed by atoms with Crippen LogP contribution >= 0.6 is 0 Å². The Morgan fingerprint density at radius 2 is 1.33 bits per heavy atom. The summed E-state index contributed by atoms with van der Waals surface area (Å²) in [5.41, 5.74) is 1.13. The summed E-state index contributed by atoms with van der Waals surface area (Å²) in [5, 5.41) is 5.87. The van der Waals surface area contributed by atoms with E-state index in [2.05, 4.69) is 25.1 Å². The second-order valence-electron chi connectivity index (χ2n) is 2.50. The minimum absolute atomic E-state index is 0. The van der Waals surface area contributed by atoms with Crippen molar-refractivity contribution in [1.29, 1.82) is 0 Å². The van der Waals surface area contributed by atoms with Crippen LogP contribution in [0, 0.1) is 20.0 Å². The monoisotopic (exact) mass is 284 g/mol. The molecule has 1 aromatic rings. The van der Waals surface area contributed by atoms with Crippen molar-refractivity contribution >= 4 is 6.21 Å². The minimum Gasteiger partial charge on any atom is 0 e. The zero-order valence-electron chi connectivity index (χ0n) is 9.99. The van der Waals surface area contributed by atoms with Crippen molar-refractivity contribution < 1.29 is 31.3 Å². The first kappa shape index (κ1) is 25.3. The number of hydrazone groups is 1. The number of hydrogen-bond acceptors (Lipinski definition) is 2. The second kappa shape index (κ2) is 24.6. The fourth-order valence-electron chi connectivity index (χ4n) is 0.721. The summed E-state index contributed by atoms with van der Waals surface area (Å²) in [6.07, 6.45) is 1.83. The van der Waals surface area contributed by atoms with E-state index in [4.69, 9.17) is 14.0 Å². The fraction of sp³-hybridized carbons (Fsp3) is 0.167. The Kier molecular flexibility index (Phi) is 34.6.